The predicted octanol–water partition coefficient (Wildman–Crippen LogP) is 4.70. The summed E-state index contributed by atoms with van der Waals surface area (Å²) in [6.45, 7) is 0.709. The Morgan fingerprint density at radius 1 is 0.923 bits per heavy atom. The topological polar surface area (TPSA) is 42.7 Å². The maximum absolute atomic E-state index is 4.77. The second kappa shape index (κ2) is 7.23. The van der Waals surface area contributed by atoms with Crippen molar-refractivity contribution < 1.29 is 0 Å². The minimum absolute atomic E-state index is 0.709. The lowest BCUT2D eigenvalue weighted by molar-refractivity contribution is 0.687. The summed E-state index contributed by atoms with van der Waals surface area (Å²) in [5.74, 6) is 0. The van der Waals surface area contributed by atoms with Gasteiger partial charge in [-0.15, -0.1) is 0 Å². The standard InChI is InChI=1S/C22H20N4/c1-23-21-10-9-19(18-7-3-2-4-8-18)14-20(21)22-11-13-26(25-22)16-17-6-5-12-24-15-17/h2-15,23H,16H2,1H3. The SMILES string of the molecule is CNc1ccc(-c2ccccc2)cc1-c1ccn(Cc2cccnc2)n1. The zero-order valence-corrected chi connectivity index (χ0v) is 14.6. The molecule has 4 nitrogen and oxygen atoms in total. The van der Waals surface area contributed by atoms with E-state index in [4.69, 9.17) is 5.10 Å². The van der Waals surface area contributed by atoms with E-state index in [-0.39, 0.29) is 0 Å². The van der Waals surface area contributed by atoms with E-state index in [9.17, 15) is 0 Å². The van der Waals surface area contributed by atoms with E-state index in [1.807, 2.05) is 36.3 Å². The van der Waals surface area contributed by atoms with Crippen LogP contribution in [0.15, 0.2) is 85.3 Å². The summed E-state index contributed by atoms with van der Waals surface area (Å²) in [6, 6.07) is 22.9. The van der Waals surface area contributed by atoms with Gasteiger partial charge in [0.25, 0.3) is 0 Å². The molecule has 0 spiro atoms. The van der Waals surface area contributed by atoms with Crippen molar-refractivity contribution in [3.05, 3.63) is 90.9 Å². The molecule has 0 unspecified atom stereocenters. The summed E-state index contributed by atoms with van der Waals surface area (Å²) in [6.07, 6.45) is 5.67. The average Bonchev–Trinajstić information content (AvgIpc) is 3.17. The van der Waals surface area contributed by atoms with Crippen molar-refractivity contribution in [3.8, 4) is 22.4 Å². The van der Waals surface area contributed by atoms with Crippen LogP contribution in [0.25, 0.3) is 22.4 Å². The number of aromatic nitrogens is 3. The van der Waals surface area contributed by atoms with E-state index < -0.39 is 0 Å². The lowest BCUT2D eigenvalue weighted by Gasteiger charge is -2.10. The summed E-state index contributed by atoms with van der Waals surface area (Å²) in [7, 11) is 1.94. The molecule has 0 atom stereocenters. The molecule has 0 aliphatic rings. The van der Waals surface area contributed by atoms with Crippen LogP contribution in [0.1, 0.15) is 5.56 Å². The summed E-state index contributed by atoms with van der Waals surface area (Å²) in [4.78, 5) is 4.17. The largest absolute Gasteiger partial charge is 0.388 e. The van der Waals surface area contributed by atoms with Gasteiger partial charge in [0.2, 0.25) is 0 Å². The molecule has 1 N–H and O–H groups in total. The Hall–Kier alpha value is -3.40. The van der Waals surface area contributed by atoms with Crippen LogP contribution >= 0.6 is 0 Å². The van der Waals surface area contributed by atoms with Crippen molar-refractivity contribution in [2.75, 3.05) is 12.4 Å². The van der Waals surface area contributed by atoms with Gasteiger partial charge in [-0.2, -0.15) is 5.10 Å². The van der Waals surface area contributed by atoms with Gasteiger partial charge < -0.3 is 5.32 Å². The van der Waals surface area contributed by atoms with Gasteiger partial charge in [-0.1, -0.05) is 42.5 Å². The highest BCUT2D eigenvalue weighted by atomic mass is 15.3. The van der Waals surface area contributed by atoms with Gasteiger partial charge in [-0.05, 0) is 41.0 Å². The average molecular weight is 340 g/mol. The summed E-state index contributed by atoms with van der Waals surface area (Å²) in [5, 5.41) is 8.04. The Morgan fingerprint density at radius 3 is 2.58 bits per heavy atom. The number of pyridine rings is 1. The lowest BCUT2D eigenvalue weighted by atomic mass is 10.0. The van der Waals surface area contributed by atoms with Crippen LogP contribution in [0.4, 0.5) is 5.69 Å². The van der Waals surface area contributed by atoms with Crippen molar-refractivity contribution in [3.63, 3.8) is 0 Å². The fraction of sp³-hybridized carbons (Fsp3) is 0.0909. The smallest absolute Gasteiger partial charge is 0.0944 e. The van der Waals surface area contributed by atoms with Gasteiger partial charge in [0.05, 0.1) is 12.2 Å². The quantitative estimate of drug-likeness (QED) is 0.572. The van der Waals surface area contributed by atoms with Crippen LogP contribution < -0.4 is 5.32 Å². The molecule has 26 heavy (non-hydrogen) atoms. The highest BCUT2D eigenvalue weighted by Gasteiger charge is 2.10. The second-order valence-electron chi connectivity index (χ2n) is 6.14. The molecule has 4 aromatic rings. The molecule has 0 saturated carbocycles. The highest BCUT2D eigenvalue weighted by molar-refractivity contribution is 5.81. The maximum Gasteiger partial charge on any atom is 0.0944 e. The van der Waals surface area contributed by atoms with Crippen LogP contribution in [-0.4, -0.2) is 21.8 Å². The number of hydrogen-bond acceptors (Lipinski definition) is 3. The fourth-order valence-corrected chi connectivity index (χ4v) is 3.06. The van der Waals surface area contributed by atoms with E-state index in [0.29, 0.717) is 6.54 Å². The van der Waals surface area contributed by atoms with Gasteiger partial charge in [0, 0.05) is 36.9 Å². The Kier molecular flexibility index (Phi) is 4.48. The van der Waals surface area contributed by atoms with Crippen LogP contribution in [0, 0.1) is 0 Å². The Bertz CT molecular complexity index is 991. The Morgan fingerprint density at radius 2 is 1.81 bits per heavy atom. The third kappa shape index (κ3) is 3.35. The van der Waals surface area contributed by atoms with E-state index in [0.717, 1.165) is 22.5 Å². The van der Waals surface area contributed by atoms with E-state index in [1.165, 1.54) is 11.1 Å². The molecule has 128 valence electrons. The van der Waals surface area contributed by atoms with Gasteiger partial charge in [0.15, 0.2) is 0 Å². The molecular formula is C22H20N4. The maximum atomic E-state index is 4.77. The molecule has 2 aromatic heterocycles. The first-order valence-corrected chi connectivity index (χ1v) is 8.63. The molecular weight excluding hydrogens is 320 g/mol. The number of benzene rings is 2. The zero-order chi connectivity index (χ0) is 17.8. The van der Waals surface area contributed by atoms with E-state index in [2.05, 4.69) is 64.9 Å². The molecule has 4 rings (SSSR count). The molecule has 4 heteroatoms. The normalized spacial score (nSPS) is 10.7. The first kappa shape index (κ1) is 16.1. The molecule has 0 aliphatic heterocycles. The van der Waals surface area contributed by atoms with Crippen LogP contribution in [0.5, 0.6) is 0 Å². The molecule has 0 fully saturated rings. The Balaban J connectivity index is 1.68. The molecule has 2 aromatic carbocycles. The van der Waals surface area contributed by atoms with Gasteiger partial charge >= 0.3 is 0 Å². The highest BCUT2D eigenvalue weighted by Crippen LogP contribution is 2.31. The van der Waals surface area contributed by atoms with E-state index in [1.54, 1.807) is 6.20 Å². The number of hydrogen-bond donors (Lipinski definition) is 1. The number of nitrogens with one attached hydrogen (secondary N) is 1. The molecule has 2 heterocycles. The van der Waals surface area contributed by atoms with Gasteiger partial charge in [-0.25, -0.2) is 0 Å². The van der Waals surface area contributed by atoms with Gasteiger partial charge in [0.1, 0.15) is 0 Å². The first-order valence-electron chi connectivity index (χ1n) is 8.63. The minimum atomic E-state index is 0.709. The van der Waals surface area contributed by atoms with Crippen LogP contribution in [0.3, 0.4) is 0 Å². The van der Waals surface area contributed by atoms with Crippen molar-refractivity contribution in [2.45, 2.75) is 6.54 Å². The lowest BCUT2D eigenvalue weighted by Crippen LogP contribution is -2.01. The Labute approximate surface area is 153 Å². The predicted molar refractivity (Wildman–Crippen MR) is 106 cm³/mol. The fourth-order valence-electron chi connectivity index (χ4n) is 3.06. The molecule has 0 bridgehead atoms. The van der Waals surface area contributed by atoms with Crippen LogP contribution in [0.2, 0.25) is 0 Å². The summed E-state index contributed by atoms with van der Waals surface area (Å²) >= 11 is 0. The molecule has 0 amide bonds. The number of anilines is 1. The van der Waals surface area contributed by atoms with E-state index >= 15 is 0 Å². The first-order chi connectivity index (χ1) is 12.8. The van der Waals surface area contributed by atoms with Crippen LogP contribution in [-0.2, 0) is 6.54 Å². The van der Waals surface area contributed by atoms with Gasteiger partial charge in [-0.3, -0.25) is 9.67 Å². The van der Waals surface area contributed by atoms with Crippen molar-refractivity contribution >= 4 is 5.69 Å². The minimum Gasteiger partial charge on any atom is -0.388 e. The molecule has 0 radical (unpaired) electrons. The van der Waals surface area contributed by atoms with Crippen molar-refractivity contribution in [1.29, 1.82) is 0 Å². The summed E-state index contributed by atoms with van der Waals surface area (Å²) < 4.78 is 1.95. The second-order valence-corrected chi connectivity index (χ2v) is 6.14. The van der Waals surface area contributed by atoms with Crippen molar-refractivity contribution in [2.24, 2.45) is 0 Å². The summed E-state index contributed by atoms with van der Waals surface area (Å²) in [5.41, 5.74) is 6.63. The van der Waals surface area contributed by atoms with Crippen molar-refractivity contribution in [1.82, 2.24) is 14.8 Å². The molecule has 0 saturated heterocycles. The third-order valence-corrected chi connectivity index (χ3v) is 4.38. The number of rotatable bonds is 5. The third-order valence-electron chi connectivity index (χ3n) is 4.38. The zero-order valence-electron chi connectivity index (χ0n) is 14.6. The number of nitrogens with zero attached hydrogens (tertiary/aromatic N) is 3. The molecule has 0 aliphatic carbocycles. The monoisotopic (exact) mass is 340 g/mol.